The van der Waals surface area contributed by atoms with Crippen molar-refractivity contribution >= 4 is 80.6 Å². The molecule has 0 amide bonds. The monoisotopic (exact) mass is 1410 g/mol. The van der Waals surface area contributed by atoms with Crippen molar-refractivity contribution in [2.75, 3.05) is 34.0 Å². The van der Waals surface area contributed by atoms with Gasteiger partial charge in [0.25, 0.3) is 0 Å². The average Bonchev–Trinajstić information content (AvgIpc) is 1.50. The van der Waals surface area contributed by atoms with E-state index in [2.05, 4.69) is 133 Å². The molecule has 21 nitrogen and oxygen atoms in total. The molecule has 0 spiro atoms. The second-order valence-corrected chi connectivity index (χ2v) is 27.3. The third-order valence-corrected chi connectivity index (χ3v) is 17.3. The summed E-state index contributed by atoms with van der Waals surface area (Å²) in [6, 6.07) is 46.1. The Balaban J connectivity index is 0.000000378. The lowest BCUT2D eigenvalue weighted by atomic mass is 10.0. The van der Waals surface area contributed by atoms with Crippen LogP contribution in [0.25, 0.3) is 32.3 Å². The Morgan fingerprint density at radius 3 is 0.821 bits per heavy atom. The van der Waals surface area contributed by atoms with Crippen molar-refractivity contribution in [3.63, 3.8) is 0 Å². The zero-order valence-electron chi connectivity index (χ0n) is 53.8. The second kappa shape index (κ2) is 38.4. The lowest BCUT2D eigenvalue weighted by Crippen LogP contribution is -2.42. The number of halogens is 6. The van der Waals surface area contributed by atoms with Crippen LogP contribution in [0.4, 0.5) is 26.3 Å². The molecule has 0 heterocycles. The molecule has 3 aliphatic carbocycles. The quantitative estimate of drug-likeness (QED) is 0.0266. The molecule has 3 fully saturated rings. The molecular formula is C65H83F6O21S3-3. The Morgan fingerprint density at radius 2 is 0.621 bits per heavy atom. The van der Waals surface area contributed by atoms with E-state index < -0.39 is 102 Å². The predicted octanol–water partition coefficient (Wildman–Crippen LogP) is 11.3. The van der Waals surface area contributed by atoms with E-state index in [1.165, 1.54) is 83.0 Å². The molecule has 6 aromatic rings. The van der Waals surface area contributed by atoms with Gasteiger partial charge in [0.15, 0.2) is 55.3 Å². The maximum absolute atomic E-state index is 13.0. The molecule has 9 rings (SSSR count). The number of hydrogen-bond acceptors (Lipinski definition) is 21. The molecule has 3 N–H and O–H groups in total. The van der Waals surface area contributed by atoms with Gasteiger partial charge in [-0.15, -0.1) is 0 Å². The molecule has 0 bridgehead atoms. The molecule has 3 atom stereocenters. The zero-order chi connectivity index (χ0) is 72.1. The Hall–Kier alpha value is -6.58. The summed E-state index contributed by atoms with van der Waals surface area (Å²) in [5, 5.41) is 21.4. The highest BCUT2D eigenvalue weighted by molar-refractivity contribution is 7.87. The zero-order valence-corrected chi connectivity index (χ0v) is 56.2. The predicted molar refractivity (Wildman–Crippen MR) is 339 cm³/mol. The van der Waals surface area contributed by atoms with Gasteiger partial charge in [0, 0.05) is 14.2 Å². The van der Waals surface area contributed by atoms with E-state index in [0.717, 1.165) is 52.7 Å². The molecule has 6 aromatic carbocycles. The van der Waals surface area contributed by atoms with Crippen LogP contribution in [0.3, 0.4) is 0 Å². The summed E-state index contributed by atoms with van der Waals surface area (Å²) in [6.45, 7) is 5.64. The van der Waals surface area contributed by atoms with Crippen molar-refractivity contribution in [2.24, 2.45) is 0 Å². The summed E-state index contributed by atoms with van der Waals surface area (Å²) in [4.78, 5) is 32.5. The fraction of sp³-hybridized carbons (Fsp3) is 0.492. The normalized spacial score (nSPS) is 16.4. The van der Waals surface area contributed by atoms with Crippen LogP contribution in [0.1, 0.15) is 119 Å². The number of rotatable bonds is 16. The largest absolute Gasteiger partial charge is 0.743 e. The highest BCUT2D eigenvalue weighted by Gasteiger charge is 2.48. The number of fused-ring (bicyclic) bond motifs is 3. The Morgan fingerprint density at radius 1 is 0.411 bits per heavy atom. The number of carbonyl (C=O) groups is 3. The minimum absolute atomic E-state index is 0.306. The van der Waals surface area contributed by atoms with Crippen molar-refractivity contribution in [1.29, 1.82) is 0 Å². The van der Waals surface area contributed by atoms with Gasteiger partial charge < -0.3 is 57.4 Å². The molecule has 30 heteroatoms. The number of ether oxygens (including phenoxy) is 6. The molecule has 3 unspecified atom stereocenters. The van der Waals surface area contributed by atoms with Crippen LogP contribution in [0.15, 0.2) is 140 Å². The van der Waals surface area contributed by atoms with Crippen LogP contribution in [-0.2, 0) is 68.4 Å². The van der Waals surface area contributed by atoms with Crippen molar-refractivity contribution in [3.8, 4) is 5.75 Å². The Kier molecular flexibility index (Phi) is 34.1. The van der Waals surface area contributed by atoms with Gasteiger partial charge in [-0.25, -0.2) is 39.6 Å². The van der Waals surface area contributed by atoms with E-state index in [1.807, 2.05) is 20.8 Å². The Labute approximate surface area is 550 Å². The van der Waals surface area contributed by atoms with Crippen LogP contribution in [0, 0.1) is 0 Å². The van der Waals surface area contributed by atoms with Gasteiger partial charge in [-0.05, 0) is 137 Å². The van der Waals surface area contributed by atoms with Gasteiger partial charge in [-0.2, -0.15) is 26.3 Å². The molecule has 532 valence electrons. The first-order valence-electron chi connectivity index (χ1n) is 29.6. The van der Waals surface area contributed by atoms with Gasteiger partial charge in [0.1, 0.15) is 19.0 Å². The fourth-order valence-corrected chi connectivity index (χ4v) is 10.2. The Bertz CT molecular complexity index is 3360. The number of alkyl halides is 6. The number of esters is 3. The van der Waals surface area contributed by atoms with Crippen LogP contribution >= 0.6 is 0 Å². The van der Waals surface area contributed by atoms with Crippen molar-refractivity contribution in [1.82, 2.24) is 0 Å². The van der Waals surface area contributed by atoms with Gasteiger partial charge in [-0.3, -0.25) is 0 Å². The van der Waals surface area contributed by atoms with Crippen molar-refractivity contribution < 1.29 is 123 Å². The summed E-state index contributed by atoms with van der Waals surface area (Å²) in [5.41, 5.74) is -0.917. The average molecular weight is 1410 g/mol. The molecule has 0 aromatic heterocycles. The van der Waals surface area contributed by atoms with Gasteiger partial charge in [-0.1, -0.05) is 154 Å². The van der Waals surface area contributed by atoms with Crippen LogP contribution in [0.2, 0.25) is 0 Å². The number of para-hydroxylation sites is 1. The van der Waals surface area contributed by atoms with Crippen molar-refractivity contribution in [2.45, 2.75) is 169 Å². The summed E-state index contributed by atoms with van der Waals surface area (Å²) in [6.07, 6.45) is 6.21. The minimum Gasteiger partial charge on any atom is -0.743 e. The van der Waals surface area contributed by atoms with E-state index in [4.69, 9.17) is 4.74 Å². The summed E-state index contributed by atoms with van der Waals surface area (Å²) < 4.78 is 194. The number of methoxy groups -OCH3 is 2. The molecule has 3 aliphatic rings. The first-order chi connectivity index (χ1) is 43.9. The summed E-state index contributed by atoms with van der Waals surface area (Å²) in [7, 11) is -15.4. The molecule has 0 saturated heterocycles. The molecular weight excluding hydrogens is 1330 g/mol. The van der Waals surface area contributed by atoms with E-state index in [1.54, 1.807) is 18.2 Å². The maximum atomic E-state index is 13.0. The first kappa shape index (κ1) is 84.5. The molecule has 0 radical (unpaired) electrons. The first-order valence-corrected chi connectivity index (χ1v) is 33.9. The van der Waals surface area contributed by atoms with E-state index in [-0.39, 0.29) is 16.8 Å². The highest BCUT2D eigenvalue weighted by atomic mass is 32.2. The van der Waals surface area contributed by atoms with Gasteiger partial charge in [0.05, 0.1) is 16.8 Å². The molecule has 3 saturated carbocycles. The minimum atomic E-state index is -5.92. The lowest BCUT2D eigenvalue weighted by Gasteiger charge is -2.25. The number of hydrogen-bond donors (Lipinski definition) is 3. The third kappa shape index (κ3) is 30.6. The lowest BCUT2D eigenvalue weighted by molar-refractivity contribution is -0.164. The molecule has 0 aliphatic heterocycles. The fourth-order valence-electron chi connectivity index (χ4n) is 8.83. The van der Waals surface area contributed by atoms with E-state index in [0.29, 0.717) is 26.5 Å². The number of aliphatic hydroxyl groups is 3. The van der Waals surface area contributed by atoms with Crippen molar-refractivity contribution in [3.05, 3.63) is 140 Å². The van der Waals surface area contributed by atoms with Crippen LogP contribution in [-0.4, -0.2) is 157 Å². The SMILES string of the molecule is CC(OC(=O)COc1ccccc1)C(F)(F)S(=O)(=O)[O-].CC1(O)CCCC1.CC1(O)CCCC1.CC1(O)CCCC1.COCC(=O)OC(C)C(F)(F)S(=O)(=O)[O-].COCC(=O)OC(C)C(F)(F)S(=O)(=O)[O-].c1ccc2cc3ccccc3cc2c1.c1ccc2ccccc2c1. The van der Waals surface area contributed by atoms with Gasteiger partial charge in [0.2, 0.25) is 0 Å². The maximum Gasteiger partial charge on any atom is 0.370 e. The standard InChI is InChI=1S/C14H10.C11H12F2O6S.C10H8.2C6H10F2O6S.3C6H12O/c1-2-6-12-10-14-8-4-3-7-13(14)9-11(12)5-1;1-8(11(12,13)20(15,16)17)19-10(14)7-18-9-5-3-2-4-6-9;1-2-6-10-8-4-3-7-9(10)5-1;2*1-4(14-5(9)3-13-2)6(7,8)15(10,11)12;3*1-6(7)4-2-3-5-6/h1-10H;2-6,8H,7H2,1H3,(H,15,16,17);1-8H;2*4H,3H2,1-2H3,(H,10,11,12);3*7H,2-5H2,1H3/p-3. The van der Waals surface area contributed by atoms with E-state index >= 15 is 0 Å². The number of benzene rings is 6. The third-order valence-electron chi connectivity index (χ3n) is 14.3. The van der Waals surface area contributed by atoms with Crippen LogP contribution in [0.5, 0.6) is 5.75 Å². The summed E-state index contributed by atoms with van der Waals surface area (Å²) >= 11 is 0. The summed E-state index contributed by atoms with van der Waals surface area (Å²) in [5.74, 6) is -3.29. The van der Waals surface area contributed by atoms with Gasteiger partial charge >= 0.3 is 33.7 Å². The smallest absolute Gasteiger partial charge is 0.370 e. The molecule has 95 heavy (non-hydrogen) atoms. The topological polar surface area (TPSA) is 339 Å². The van der Waals surface area contributed by atoms with E-state index in [9.17, 15) is 95.0 Å². The highest BCUT2D eigenvalue weighted by Crippen LogP contribution is 2.32. The number of carbonyl (C=O) groups excluding carboxylic acids is 3. The second-order valence-electron chi connectivity index (χ2n) is 22.9. The van der Waals surface area contributed by atoms with Crippen LogP contribution < -0.4 is 4.74 Å².